The lowest BCUT2D eigenvalue weighted by molar-refractivity contribution is 0.262. The number of carbonyl (C=O) groups is 1. The van der Waals surface area contributed by atoms with Crippen molar-refractivity contribution in [2.45, 2.75) is 26.7 Å². The molecule has 0 aliphatic carbocycles. The van der Waals surface area contributed by atoms with Crippen LogP contribution in [-0.4, -0.2) is 15.8 Å². The predicted molar refractivity (Wildman–Crippen MR) is 101 cm³/mol. The molecule has 0 radical (unpaired) electrons. The topological polar surface area (TPSA) is 59.0 Å². The second-order valence-corrected chi connectivity index (χ2v) is 6.30. The normalized spacial score (nSPS) is 10.7. The molecule has 5 nitrogen and oxygen atoms in total. The van der Waals surface area contributed by atoms with Crippen LogP contribution in [0.15, 0.2) is 60.7 Å². The molecule has 0 unspecified atom stereocenters. The van der Waals surface area contributed by atoms with Gasteiger partial charge in [-0.3, -0.25) is 5.32 Å². The zero-order chi connectivity index (χ0) is 17.8. The average molecular weight is 334 g/mol. The first kappa shape index (κ1) is 16.8. The minimum absolute atomic E-state index is 0.269. The molecular weight excluding hydrogens is 312 g/mol. The van der Waals surface area contributed by atoms with E-state index in [0.717, 1.165) is 22.6 Å². The van der Waals surface area contributed by atoms with E-state index in [-0.39, 0.29) is 11.9 Å². The highest BCUT2D eigenvalue weighted by Crippen LogP contribution is 2.22. The molecule has 1 aromatic heterocycles. The van der Waals surface area contributed by atoms with Gasteiger partial charge >= 0.3 is 6.03 Å². The molecular formula is C20H22N4O. The molecule has 0 fully saturated rings. The SMILES string of the molecule is Cc1ccc(NC(=O)Nc2cc(C(C)C)nn2-c2ccccc2)cc1. The Kier molecular flexibility index (Phi) is 4.84. The van der Waals surface area contributed by atoms with Crippen molar-refractivity contribution in [2.24, 2.45) is 0 Å². The summed E-state index contributed by atoms with van der Waals surface area (Å²) in [5, 5.41) is 10.4. The van der Waals surface area contributed by atoms with Crippen LogP contribution in [0.4, 0.5) is 16.3 Å². The van der Waals surface area contributed by atoms with Gasteiger partial charge < -0.3 is 5.32 Å². The monoisotopic (exact) mass is 334 g/mol. The number of urea groups is 1. The van der Waals surface area contributed by atoms with Crippen LogP contribution in [0.5, 0.6) is 0 Å². The summed E-state index contributed by atoms with van der Waals surface area (Å²) < 4.78 is 1.75. The van der Waals surface area contributed by atoms with Crippen molar-refractivity contribution in [1.29, 1.82) is 0 Å². The maximum absolute atomic E-state index is 12.4. The Hall–Kier alpha value is -3.08. The van der Waals surface area contributed by atoms with Gasteiger partial charge in [-0.1, -0.05) is 49.7 Å². The average Bonchev–Trinajstić information content (AvgIpc) is 3.02. The number of aryl methyl sites for hydroxylation is 1. The molecule has 3 rings (SSSR count). The third kappa shape index (κ3) is 4.07. The smallest absolute Gasteiger partial charge is 0.308 e. The summed E-state index contributed by atoms with van der Waals surface area (Å²) in [7, 11) is 0. The molecule has 128 valence electrons. The Morgan fingerprint density at radius 1 is 1.00 bits per heavy atom. The molecule has 0 saturated heterocycles. The molecule has 0 saturated carbocycles. The Balaban J connectivity index is 1.83. The zero-order valence-corrected chi connectivity index (χ0v) is 14.7. The first-order chi connectivity index (χ1) is 12.0. The summed E-state index contributed by atoms with van der Waals surface area (Å²) in [6.07, 6.45) is 0. The van der Waals surface area contributed by atoms with Gasteiger partial charge in [-0.05, 0) is 37.1 Å². The highest BCUT2D eigenvalue weighted by atomic mass is 16.2. The Morgan fingerprint density at radius 3 is 2.32 bits per heavy atom. The van der Waals surface area contributed by atoms with E-state index in [1.807, 2.05) is 67.6 Å². The third-order valence-corrected chi connectivity index (χ3v) is 3.87. The largest absolute Gasteiger partial charge is 0.324 e. The van der Waals surface area contributed by atoms with E-state index in [1.165, 1.54) is 0 Å². The number of benzene rings is 2. The van der Waals surface area contributed by atoms with Crippen LogP contribution in [0.1, 0.15) is 31.0 Å². The maximum atomic E-state index is 12.4. The van der Waals surface area contributed by atoms with Crippen LogP contribution in [0, 0.1) is 6.92 Å². The fraction of sp³-hybridized carbons (Fsp3) is 0.200. The fourth-order valence-electron chi connectivity index (χ4n) is 2.45. The molecule has 0 spiro atoms. The van der Waals surface area contributed by atoms with Crippen molar-refractivity contribution in [3.63, 3.8) is 0 Å². The van der Waals surface area contributed by atoms with E-state index in [2.05, 4.69) is 29.6 Å². The standard InChI is InChI=1S/C20H22N4O/c1-14(2)18-13-19(24(23-18)17-7-5-4-6-8-17)22-20(25)21-16-11-9-15(3)10-12-16/h4-14H,1-3H3,(H2,21,22,25). The molecule has 2 N–H and O–H groups in total. The van der Waals surface area contributed by atoms with E-state index in [1.54, 1.807) is 4.68 Å². The number of aromatic nitrogens is 2. The summed E-state index contributed by atoms with van der Waals surface area (Å²) in [4.78, 5) is 12.4. The molecule has 2 aromatic carbocycles. The molecule has 25 heavy (non-hydrogen) atoms. The van der Waals surface area contributed by atoms with Gasteiger partial charge in [0.05, 0.1) is 11.4 Å². The number of hydrogen-bond donors (Lipinski definition) is 2. The third-order valence-electron chi connectivity index (χ3n) is 3.87. The lowest BCUT2D eigenvalue weighted by atomic mass is 10.1. The number of amides is 2. The number of para-hydroxylation sites is 1. The van der Waals surface area contributed by atoms with Crippen molar-refractivity contribution in [3.8, 4) is 5.69 Å². The summed E-state index contributed by atoms with van der Waals surface area (Å²) >= 11 is 0. The highest BCUT2D eigenvalue weighted by molar-refractivity contribution is 5.99. The first-order valence-electron chi connectivity index (χ1n) is 8.33. The van der Waals surface area contributed by atoms with Gasteiger partial charge in [-0.15, -0.1) is 0 Å². The van der Waals surface area contributed by atoms with Gasteiger partial charge in [0, 0.05) is 11.8 Å². The van der Waals surface area contributed by atoms with Crippen molar-refractivity contribution in [1.82, 2.24) is 9.78 Å². The fourth-order valence-corrected chi connectivity index (χ4v) is 2.45. The van der Waals surface area contributed by atoms with Gasteiger partial charge in [0.15, 0.2) is 0 Å². The number of nitrogens with zero attached hydrogens (tertiary/aromatic N) is 2. The number of anilines is 2. The van der Waals surface area contributed by atoms with Crippen LogP contribution in [0.2, 0.25) is 0 Å². The minimum atomic E-state index is -0.295. The van der Waals surface area contributed by atoms with Gasteiger partial charge in [0.25, 0.3) is 0 Å². The first-order valence-corrected chi connectivity index (χ1v) is 8.33. The molecule has 0 bridgehead atoms. The molecule has 0 aliphatic heterocycles. The molecule has 2 amide bonds. The van der Waals surface area contributed by atoms with Crippen LogP contribution in [-0.2, 0) is 0 Å². The Morgan fingerprint density at radius 2 is 1.68 bits per heavy atom. The number of hydrogen-bond acceptors (Lipinski definition) is 2. The van der Waals surface area contributed by atoms with Crippen molar-refractivity contribution >= 4 is 17.5 Å². The van der Waals surface area contributed by atoms with Crippen molar-refractivity contribution in [3.05, 3.63) is 71.9 Å². The van der Waals surface area contributed by atoms with E-state index >= 15 is 0 Å². The van der Waals surface area contributed by atoms with Crippen LogP contribution in [0.25, 0.3) is 5.69 Å². The van der Waals surface area contributed by atoms with Gasteiger partial charge in [-0.2, -0.15) is 5.10 Å². The zero-order valence-electron chi connectivity index (χ0n) is 14.7. The number of nitrogens with one attached hydrogen (secondary N) is 2. The Labute approximate surface area is 147 Å². The summed E-state index contributed by atoms with van der Waals surface area (Å²) in [6.45, 7) is 6.16. The summed E-state index contributed by atoms with van der Waals surface area (Å²) in [5.74, 6) is 0.908. The second kappa shape index (κ2) is 7.21. The van der Waals surface area contributed by atoms with Gasteiger partial charge in [0.1, 0.15) is 5.82 Å². The predicted octanol–water partition coefficient (Wildman–Crippen LogP) is 4.95. The maximum Gasteiger partial charge on any atom is 0.324 e. The molecule has 0 atom stereocenters. The lowest BCUT2D eigenvalue weighted by Gasteiger charge is -2.10. The van der Waals surface area contributed by atoms with Crippen molar-refractivity contribution < 1.29 is 4.79 Å². The lowest BCUT2D eigenvalue weighted by Crippen LogP contribution is -2.21. The number of carbonyl (C=O) groups excluding carboxylic acids is 1. The van der Waals surface area contributed by atoms with Crippen LogP contribution in [0.3, 0.4) is 0 Å². The molecule has 3 aromatic rings. The van der Waals surface area contributed by atoms with Crippen molar-refractivity contribution in [2.75, 3.05) is 10.6 Å². The van der Waals surface area contributed by atoms with Crippen LogP contribution < -0.4 is 10.6 Å². The summed E-state index contributed by atoms with van der Waals surface area (Å²) in [5.41, 5.74) is 3.72. The second-order valence-electron chi connectivity index (χ2n) is 6.30. The number of rotatable bonds is 4. The van der Waals surface area contributed by atoms with Gasteiger partial charge in [-0.25, -0.2) is 9.48 Å². The highest BCUT2D eigenvalue weighted by Gasteiger charge is 2.14. The molecule has 1 heterocycles. The van der Waals surface area contributed by atoms with Crippen LogP contribution >= 0.6 is 0 Å². The minimum Gasteiger partial charge on any atom is -0.308 e. The van der Waals surface area contributed by atoms with E-state index in [4.69, 9.17) is 0 Å². The Bertz CT molecular complexity index is 851. The van der Waals surface area contributed by atoms with E-state index in [9.17, 15) is 4.79 Å². The van der Waals surface area contributed by atoms with E-state index < -0.39 is 0 Å². The molecule has 5 heteroatoms. The van der Waals surface area contributed by atoms with Gasteiger partial charge in [0.2, 0.25) is 0 Å². The quantitative estimate of drug-likeness (QED) is 0.709. The van der Waals surface area contributed by atoms with E-state index in [0.29, 0.717) is 5.82 Å². The molecule has 0 aliphatic rings. The summed E-state index contributed by atoms with van der Waals surface area (Å²) in [6, 6.07) is 19.1.